The van der Waals surface area contributed by atoms with Crippen LogP contribution < -0.4 is 10.4 Å². The number of ether oxygens (including phenoxy) is 2. The van der Waals surface area contributed by atoms with Crippen molar-refractivity contribution in [3.8, 4) is 6.01 Å². The molecule has 0 bridgehead atoms. The Morgan fingerprint density at radius 3 is 2.68 bits per heavy atom. The summed E-state index contributed by atoms with van der Waals surface area (Å²) >= 11 is 0. The van der Waals surface area contributed by atoms with E-state index in [0.717, 1.165) is 52.1 Å². The van der Waals surface area contributed by atoms with Gasteiger partial charge in [0.15, 0.2) is 5.65 Å². The molecule has 1 N–H and O–H groups in total. The number of nitrogens with zero attached hydrogens (tertiary/aromatic N) is 5. The average molecular weight is 393 g/mol. The van der Waals surface area contributed by atoms with Crippen LogP contribution in [0.5, 0.6) is 6.01 Å². The molecule has 28 heavy (non-hydrogen) atoms. The molecule has 2 aromatic rings. The Kier molecular flexibility index (Phi) is 7.81. The first-order chi connectivity index (χ1) is 13.7. The number of morpholine rings is 1. The zero-order valence-electron chi connectivity index (χ0n) is 16.7. The molecule has 0 aliphatic carbocycles. The number of aliphatic hydroxyl groups excluding tert-OH is 1. The molecule has 3 heterocycles. The smallest absolute Gasteiger partial charge is 0.330 e. The zero-order valence-corrected chi connectivity index (χ0v) is 16.7. The van der Waals surface area contributed by atoms with E-state index in [-0.39, 0.29) is 12.3 Å². The highest BCUT2D eigenvalue weighted by Crippen LogP contribution is 2.15. The fourth-order valence-electron chi connectivity index (χ4n) is 3.38. The van der Waals surface area contributed by atoms with Crippen LogP contribution in [0.25, 0.3) is 11.2 Å². The highest BCUT2D eigenvalue weighted by Gasteiger charge is 2.17. The Morgan fingerprint density at radius 1 is 1.14 bits per heavy atom. The predicted octanol–water partition coefficient (Wildman–Crippen LogP) is 0.877. The van der Waals surface area contributed by atoms with Gasteiger partial charge in [-0.2, -0.15) is 4.98 Å². The van der Waals surface area contributed by atoms with Crippen LogP contribution in [0.1, 0.15) is 32.6 Å². The molecule has 156 valence electrons. The van der Waals surface area contributed by atoms with E-state index in [2.05, 4.69) is 21.8 Å². The van der Waals surface area contributed by atoms with E-state index in [1.165, 1.54) is 0 Å². The molecule has 1 saturated heterocycles. The third-order valence-corrected chi connectivity index (χ3v) is 4.96. The number of rotatable bonds is 11. The van der Waals surface area contributed by atoms with Crippen molar-refractivity contribution in [3.63, 3.8) is 0 Å². The van der Waals surface area contributed by atoms with Gasteiger partial charge in [0, 0.05) is 39.3 Å². The summed E-state index contributed by atoms with van der Waals surface area (Å²) in [5, 5.41) is 9.16. The van der Waals surface area contributed by atoms with Crippen LogP contribution in [-0.4, -0.2) is 75.2 Å². The third-order valence-electron chi connectivity index (χ3n) is 4.96. The van der Waals surface area contributed by atoms with Gasteiger partial charge in [0.1, 0.15) is 5.52 Å². The van der Waals surface area contributed by atoms with Gasteiger partial charge in [-0.1, -0.05) is 13.3 Å². The van der Waals surface area contributed by atoms with E-state index in [1.54, 1.807) is 15.3 Å². The van der Waals surface area contributed by atoms with E-state index < -0.39 is 0 Å². The van der Waals surface area contributed by atoms with Gasteiger partial charge in [-0.25, -0.2) is 9.78 Å². The molecular weight excluding hydrogens is 362 g/mol. The van der Waals surface area contributed by atoms with Crippen LogP contribution in [0, 0.1) is 0 Å². The summed E-state index contributed by atoms with van der Waals surface area (Å²) in [6, 6.07) is 0.308. The summed E-state index contributed by atoms with van der Waals surface area (Å²) in [6.07, 6.45) is 4.99. The molecule has 0 radical (unpaired) electrons. The maximum absolute atomic E-state index is 13.0. The number of aryl methyl sites for hydroxylation is 2. The van der Waals surface area contributed by atoms with E-state index in [9.17, 15) is 4.79 Å². The van der Waals surface area contributed by atoms with Crippen molar-refractivity contribution in [1.29, 1.82) is 0 Å². The van der Waals surface area contributed by atoms with Gasteiger partial charge in [0.05, 0.1) is 26.0 Å². The SMILES string of the molecule is CCCCOc1ncc2c(n1)n(CCCN1CCOCC1)c(=O)n2CCCO. The van der Waals surface area contributed by atoms with Crippen molar-refractivity contribution in [2.45, 2.75) is 45.7 Å². The molecule has 9 nitrogen and oxygen atoms in total. The summed E-state index contributed by atoms with van der Waals surface area (Å²) in [4.78, 5) is 24.1. The van der Waals surface area contributed by atoms with Gasteiger partial charge in [-0.15, -0.1) is 0 Å². The lowest BCUT2D eigenvalue weighted by atomic mass is 10.3. The van der Waals surface area contributed by atoms with E-state index in [4.69, 9.17) is 14.6 Å². The maximum Gasteiger partial charge on any atom is 0.330 e. The van der Waals surface area contributed by atoms with Crippen molar-refractivity contribution in [2.24, 2.45) is 0 Å². The molecule has 0 saturated carbocycles. The van der Waals surface area contributed by atoms with Crippen molar-refractivity contribution in [3.05, 3.63) is 16.7 Å². The van der Waals surface area contributed by atoms with Crippen molar-refractivity contribution in [2.75, 3.05) is 46.1 Å². The molecule has 0 amide bonds. The molecule has 0 aromatic carbocycles. The van der Waals surface area contributed by atoms with Crippen molar-refractivity contribution >= 4 is 11.2 Å². The molecule has 0 atom stereocenters. The minimum atomic E-state index is -0.106. The minimum Gasteiger partial charge on any atom is -0.463 e. The summed E-state index contributed by atoms with van der Waals surface area (Å²) in [7, 11) is 0. The molecule has 0 spiro atoms. The lowest BCUT2D eigenvalue weighted by Gasteiger charge is -2.26. The highest BCUT2D eigenvalue weighted by atomic mass is 16.5. The second kappa shape index (κ2) is 10.5. The Balaban J connectivity index is 1.79. The Morgan fingerprint density at radius 2 is 1.93 bits per heavy atom. The second-order valence-corrected chi connectivity index (χ2v) is 7.03. The average Bonchev–Trinajstić information content (AvgIpc) is 2.98. The quantitative estimate of drug-likeness (QED) is 0.566. The van der Waals surface area contributed by atoms with Gasteiger partial charge >= 0.3 is 11.7 Å². The minimum absolute atomic E-state index is 0.0369. The first-order valence-corrected chi connectivity index (χ1v) is 10.2. The van der Waals surface area contributed by atoms with Gasteiger partial charge < -0.3 is 14.6 Å². The van der Waals surface area contributed by atoms with Crippen LogP contribution >= 0.6 is 0 Å². The molecule has 1 aliphatic rings. The number of fused-ring (bicyclic) bond motifs is 1. The van der Waals surface area contributed by atoms with Crippen LogP contribution in [-0.2, 0) is 17.8 Å². The van der Waals surface area contributed by atoms with Gasteiger partial charge in [-0.3, -0.25) is 14.0 Å². The molecule has 1 fully saturated rings. The van der Waals surface area contributed by atoms with E-state index >= 15 is 0 Å². The summed E-state index contributed by atoms with van der Waals surface area (Å²) in [6.45, 7) is 8.06. The Hall–Kier alpha value is -1.97. The predicted molar refractivity (Wildman–Crippen MR) is 106 cm³/mol. The van der Waals surface area contributed by atoms with Gasteiger partial charge in [0.25, 0.3) is 0 Å². The lowest BCUT2D eigenvalue weighted by molar-refractivity contribution is 0.0369. The Bertz CT molecular complexity index is 797. The molecule has 9 heteroatoms. The number of aliphatic hydroxyl groups is 1. The molecular formula is C19H31N5O4. The third kappa shape index (κ3) is 5.09. The summed E-state index contributed by atoms with van der Waals surface area (Å²) in [5.74, 6) is 0. The lowest BCUT2D eigenvalue weighted by Crippen LogP contribution is -2.37. The number of aromatic nitrogens is 4. The fraction of sp³-hybridized carbons (Fsp3) is 0.737. The van der Waals surface area contributed by atoms with Gasteiger partial charge in [0.2, 0.25) is 0 Å². The van der Waals surface area contributed by atoms with E-state index in [0.29, 0.717) is 43.3 Å². The van der Waals surface area contributed by atoms with Crippen molar-refractivity contribution in [1.82, 2.24) is 24.0 Å². The topological polar surface area (TPSA) is 94.6 Å². The first-order valence-electron chi connectivity index (χ1n) is 10.2. The summed E-state index contributed by atoms with van der Waals surface area (Å²) < 4.78 is 14.4. The molecule has 1 aliphatic heterocycles. The van der Waals surface area contributed by atoms with Crippen LogP contribution in [0.15, 0.2) is 11.0 Å². The monoisotopic (exact) mass is 393 g/mol. The zero-order chi connectivity index (χ0) is 19.8. The Labute approximate surface area is 164 Å². The van der Waals surface area contributed by atoms with Gasteiger partial charge in [-0.05, 0) is 19.3 Å². The van der Waals surface area contributed by atoms with Crippen LogP contribution in [0.2, 0.25) is 0 Å². The number of hydrogen-bond acceptors (Lipinski definition) is 7. The first kappa shape index (κ1) is 20.8. The number of hydrogen-bond donors (Lipinski definition) is 1. The maximum atomic E-state index is 13.0. The van der Waals surface area contributed by atoms with Crippen LogP contribution in [0.3, 0.4) is 0 Å². The van der Waals surface area contributed by atoms with Crippen molar-refractivity contribution < 1.29 is 14.6 Å². The largest absolute Gasteiger partial charge is 0.463 e. The molecule has 0 unspecified atom stereocenters. The highest BCUT2D eigenvalue weighted by molar-refractivity contribution is 5.70. The number of unbranched alkanes of at least 4 members (excludes halogenated alkanes) is 1. The van der Waals surface area contributed by atoms with E-state index in [1.807, 2.05) is 0 Å². The molecule has 2 aromatic heterocycles. The molecule has 3 rings (SSSR count). The fourth-order valence-corrected chi connectivity index (χ4v) is 3.38. The number of imidazole rings is 1. The second-order valence-electron chi connectivity index (χ2n) is 7.03. The standard InChI is InChI=1S/C19H31N5O4/c1-2-3-12-28-18-20-15-16-17(21-18)24(19(26)23(16)8-5-11-25)7-4-6-22-9-13-27-14-10-22/h15,25H,2-14H2,1H3. The summed E-state index contributed by atoms with van der Waals surface area (Å²) in [5.41, 5.74) is 1.18. The normalized spacial score (nSPS) is 15.4. The van der Waals surface area contributed by atoms with Crippen LogP contribution in [0.4, 0.5) is 0 Å².